The highest BCUT2D eigenvalue weighted by Gasteiger charge is 2.36. The van der Waals surface area contributed by atoms with E-state index in [4.69, 9.17) is 0 Å². The van der Waals surface area contributed by atoms with Gasteiger partial charge < -0.3 is 9.47 Å². The normalized spacial score (nSPS) is 19.5. The number of fused-ring (bicyclic) bond motifs is 1. The first-order valence-corrected chi connectivity index (χ1v) is 10.0. The minimum Gasteiger partial charge on any atom is -0.340 e. The zero-order chi connectivity index (χ0) is 17.8. The van der Waals surface area contributed by atoms with Crippen LogP contribution in [0.4, 0.5) is 0 Å². The molecule has 0 radical (unpaired) electrons. The standard InChI is InChI=1S/C17H22N4O3S/c1-12-18-15-11-14(5-6-16(15)19(12)2)25(23,24)21-9-7-20(8-10-21)17(22)13-3-4-13/h5-6,11,13H,3-4,7-10H2,1-2H3. The van der Waals surface area contributed by atoms with Crippen molar-refractivity contribution in [1.82, 2.24) is 18.8 Å². The molecule has 1 saturated heterocycles. The number of benzene rings is 1. The van der Waals surface area contributed by atoms with Crippen molar-refractivity contribution in [3.63, 3.8) is 0 Å². The van der Waals surface area contributed by atoms with Crippen LogP contribution >= 0.6 is 0 Å². The molecule has 1 aliphatic heterocycles. The fraction of sp³-hybridized carbons (Fsp3) is 0.529. The Morgan fingerprint density at radius 1 is 1.16 bits per heavy atom. The van der Waals surface area contributed by atoms with Crippen LogP contribution in [-0.4, -0.2) is 59.3 Å². The van der Waals surface area contributed by atoms with E-state index < -0.39 is 10.0 Å². The molecule has 0 bridgehead atoms. The van der Waals surface area contributed by atoms with Gasteiger partial charge in [0.1, 0.15) is 5.82 Å². The molecule has 7 nitrogen and oxygen atoms in total. The largest absolute Gasteiger partial charge is 0.340 e. The van der Waals surface area contributed by atoms with E-state index in [1.807, 2.05) is 18.5 Å². The summed E-state index contributed by atoms with van der Waals surface area (Å²) in [5.74, 6) is 1.21. The Bertz CT molecular complexity index is 938. The van der Waals surface area contributed by atoms with Crippen molar-refractivity contribution in [2.45, 2.75) is 24.7 Å². The maximum Gasteiger partial charge on any atom is 0.243 e. The van der Waals surface area contributed by atoms with Crippen LogP contribution in [0.15, 0.2) is 23.1 Å². The second kappa shape index (κ2) is 5.81. The van der Waals surface area contributed by atoms with E-state index in [0.29, 0.717) is 31.7 Å². The number of rotatable bonds is 3. The number of imidazole rings is 1. The first-order valence-electron chi connectivity index (χ1n) is 8.60. The predicted octanol–water partition coefficient (Wildman–Crippen LogP) is 1.12. The molecule has 1 aliphatic carbocycles. The van der Waals surface area contributed by atoms with Crippen molar-refractivity contribution in [3.8, 4) is 0 Å². The lowest BCUT2D eigenvalue weighted by Gasteiger charge is -2.34. The SMILES string of the molecule is Cc1nc2cc(S(=O)(=O)N3CCN(C(=O)C4CC4)CC3)ccc2n1C. The van der Waals surface area contributed by atoms with Gasteiger partial charge in [0.25, 0.3) is 0 Å². The van der Waals surface area contributed by atoms with Gasteiger partial charge in [-0.1, -0.05) is 0 Å². The van der Waals surface area contributed by atoms with E-state index in [9.17, 15) is 13.2 Å². The molecule has 2 heterocycles. The van der Waals surface area contributed by atoms with E-state index in [0.717, 1.165) is 24.2 Å². The second-order valence-corrected chi connectivity index (χ2v) is 8.81. The highest BCUT2D eigenvalue weighted by molar-refractivity contribution is 7.89. The number of hydrogen-bond donors (Lipinski definition) is 0. The molecule has 8 heteroatoms. The van der Waals surface area contributed by atoms with Gasteiger partial charge >= 0.3 is 0 Å². The Hall–Kier alpha value is -1.93. The van der Waals surface area contributed by atoms with Crippen LogP contribution in [0.1, 0.15) is 18.7 Å². The van der Waals surface area contributed by atoms with E-state index in [1.54, 1.807) is 23.1 Å². The monoisotopic (exact) mass is 362 g/mol. The van der Waals surface area contributed by atoms with Crippen molar-refractivity contribution in [1.29, 1.82) is 0 Å². The molecule has 2 aliphatic rings. The van der Waals surface area contributed by atoms with E-state index in [2.05, 4.69) is 4.98 Å². The van der Waals surface area contributed by atoms with Crippen LogP contribution in [0.5, 0.6) is 0 Å². The van der Waals surface area contributed by atoms with Crippen molar-refractivity contribution < 1.29 is 13.2 Å². The summed E-state index contributed by atoms with van der Waals surface area (Å²) in [7, 11) is -1.65. The molecular formula is C17H22N4O3S. The summed E-state index contributed by atoms with van der Waals surface area (Å²) in [4.78, 5) is 18.6. The minimum absolute atomic E-state index is 0.179. The molecule has 2 fully saturated rings. The number of sulfonamides is 1. The molecule has 1 saturated carbocycles. The summed E-state index contributed by atoms with van der Waals surface area (Å²) < 4.78 is 29.3. The van der Waals surface area contributed by atoms with E-state index in [-0.39, 0.29) is 16.7 Å². The molecule has 0 N–H and O–H groups in total. The average Bonchev–Trinajstić information content (AvgIpc) is 3.41. The molecule has 0 spiro atoms. The van der Waals surface area contributed by atoms with Gasteiger partial charge in [-0.3, -0.25) is 4.79 Å². The second-order valence-electron chi connectivity index (χ2n) is 6.87. The third kappa shape index (κ3) is 2.83. The third-order valence-electron chi connectivity index (χ3n) is 5.19. The maximum absolute atomic E-state index is 12.9. The summed E-state index contributed by atoms with van der Waals surface area (Å²) in [6.45, 7) is 3.53. The summed E-state index contributed by atoms with van der Waals surface area (Å²) in [5, 5.41) is 0. The fourth-order valence-corrected chi connectivity index (χ4v) is 4.79. The first-order chi connectivity index (χ1) is 11.9. The molecule has 25 heavy (non-hydrogen) atoms. The Labute approximate surface area is 147 Å². The lowest BCUT2D eigenvalue weighted by Crippen LogP contribution is -2.50. The number of nitrogens with zero attached hydrogens (tertiary/aromatic N) is 4. The summed E-state index contributed by atoms with van der Waals surface area (Å²) in [5.41, 5.74) is 1.60. The quantitative estimate of drug-likeness (QED) is 0.820. The average molecular weight is 362 g/mol. The van der Waals surface area contributed by atoms with Gasteiger partial charge in [0.15, 0.2) is 0 Å². The van der Waals surface area contributed by atoms with Gasteiger partial charge in [0.2, 0.25) is 15.9 Å². The number of aryl methyl sites for hydroxylation is 2. The first kappa shape index (κ1) is 16.5. The van der Waals surface area contributed by atoms with Crippen LogP contribution in [0.3, 0.4) is 0 Å². The van der Waals surface area contributed by atoms with Crippen molar-refractivity contribution in [2.75, 3.05) is 26.2 Å². The number of piperazine rings is 1. The summed E-state index contributed by atoms with van der Waals surface area (Å²) in [6.07, 6.45) is 1.95. The molecular weight excluding hydrogens is 340 g/mol. The Morgan fingerprint density at radius 2 is 1.84 bits per heavy atom. The number of aromatic nitrogens is 2. The molecule has 0 atom stereocenters. The number of carbonyl (C=O) groups excluding carboxylic acids is 1. The van der Waals surface area contributed by atoms with Gasteiger partial charge in [0, 0.05) is 39.1 Å². The maximum atomic E-state index is 12.9. The third-order valence-corrected chi connectivity index (χ3v) is 7.09. The van der Waals surface area contributed by atoms with Crippen LogP contribution in [-0.2, 0) is 21.9 Å². The number of carbonyl (C=O) groups is 1. The van der Waals surface area contributed by atoms with Crippen LogP contribution in [0, 0.1) is 12.8 Å². The van der Waals surface area contributed by atoms with Crippen molar-refractivity contribution in [2.24, 2.45) is 13.0 Å². The number of amides is 1. The van der Waals surface area contributed by atoms with E-state index in [1.165, 1.54) is 4.31 Å². The van der Waals surface area contributed by atoms with Crippen molar-refractivity contribution >= 4 is 27.0 Å². The van der Waals surface area contributed by atoms with Crippen LogP contribution in [0.25, 0.3) is 11.0 Å². The minimum atomic E-state index is -3.56. The number of hydrogen-bond acceptors (Lipinski definition) is 4. The van der Waals surface area contributed by atoms with Crippen LogP contribution in [0.2, 0.25) is 0 Å². The molecule has 0 unspecified atom stereocenters. The molecule has 4 rings (SSSR count). The van der Waals surface area contributed by atoms with Gasteiger partial charge in [-0.15, -0.1) is 0 Å². The lowest BCUT2D eigenvalue weighted by atomic mass is 10.3. The fourth-order valence-electron chi connectivity index (χ4n) is 3.35. The zero-order valence-electron chi connectivity index (χ0n) is 14.5. The van der Waals surface area contributed by atoms with Gasteiger partial charge in [0.05, 0.1) is 15.9 Å². The Morgan fingerprint density at radius 3 is 2.48 bits per heavy atom. The highest BCUT2D eigenvalue weighted by atomic mass is 32.2. The topological polar surface area (TPSA) is 75.5 Å². The summed E-state index contributed by atoms with van der Waals surface area (Å²) in [6, 6.07) is 5.08. The summed E-state index contributed by atoms with van der Waals surface area (Å²) >= 11 is 0. The lowest BCUT2D eigenvalue weighted by molar-refractivity contribution is -0.133. The van der Waals surface area contributed by atoms with Crippen LogP contribution < -0.4 is 0 Å². The molecule has 134 valence electrons. The van der Waals surface area contributed by atoms with Gasteiger partial charge in [-0.2, -0.15) is 4.31 Å². The highest BCUT2D eigenvalue weighted by Crippen LogP contribution is 2.31. The molecule has 1 amide bonds. The van der Waals surface area contributed by atoms with Crippen molar-refractivity contribution in [3.05, 3.63) is 24.0 Å². The Balaban J connectivity index is 1.54. The van der Waals surface area contributed by atoms with E-state index >= 15 is 0 Å². The molecule has 1 aromatic heterocycles. The van der Waals surface area contributed by atoms with Gasteiger partial charge in [-0.05, 0) is 38.0 Å². The Kier molecular flexibility index (Phi) is 3.84. The predicted molar refractivity (Wildman–Crippen MR) is 93.5 cm³/mol. The van der Waals surface area contributed by atoms with Gasteiger partial charge in [-0.25, -0.2) is 13.4 Å². The molecule has 1 aromatic carbocycles. The molecule has 2 aromatic rings. The smallest absolute Gasteiger partial charge is 0.243 e. The zero-order valence-corrected chi connectivity index (χ0v) is 15.3.